The van der Waals surface area contributed by atoms with Gasteiger partial charge in [0.05, 0.1) is 13.7 Å². The lowest BCUT2D eigenvalue weighted by Gasteiger charge is -2.13. The summed E-state index contributed by atoms with van der Waals surface area (Å²) in [7, 11) is 3.43. The van der Waals surface area contributed by atoms with E-state index < -0.39 is 0 Å². The van der Waals surface area contributed by atoms with Gasteiger partial charge in [-0.2, -0.15) is 0 Å². The zero-order chi connectivity index (χ0) is 16.8. The van der Waals surface area contributed by atoms with Crippen LogP contribution in [0.1, 0.15) is 5.56 Å². The van der Waals surface area contributed by atoms with Crippen LogP contribution in [-0.4, -0.2) is 20.8 Å². The third-order valence-corrected chi connectivity index (χ3v) is 4.19. The SMILES string of the molecule is COCCc1ccc(-c2ccc(OC)cc2)cc1-c1ccccc1. The summed E-state index contributed by atoms with van der Waals surface area (Å²) in [6, 6.07) is 25.4. The van der Waals surface area contributed by atoms with E-state index in [2.05, 4.69) is 54.6 Å². The minimum atomic E-state index is 0.724. The molecular formula is C22H22O2. The second-order valence-electron chi connectivity index (χ2n) is 5.71. The first-order chi connectivity index (χ1) is 11.8. The molecule has 0 aliphatic heterocycles. The highest BCUT2D eigenvalue weighted by Gasteiger charge is 2.08. The van der Waals surface area contributed by atoms with E-state index in [-0.39, 0.29) is 0 Å². The molecule has 122 valence electrons. The van der Waals surface area contributed by atoms with Crippen molar-refractivity contribution in [3.8, 4) is 28.0 Å². The van der Waals surface area contributed by atoms with Crippen LogP contribution in [0.2, 0.25) is 0 Å². The number of ether oxygens (including phenoxy) is 2. The van der Waals surface area contributed by atoms with Crippen molar-refractivity contribution < 1.29 is 9.47 Å². The van der Waals surface area contributed by atoms with Crippen molar-refractivity contribution >= 4 is 0 Å². The second-order valence-corrected chi connectivity index (χ2v) is 5.71. The smallest absolute Gasteiger partial charge is 0.118 e. The van der Waals surface area contributed by atoms with Gasteiger partial charge in [0, 0.05) is 7.11 Å². The first-order valence-corrected chi connectivity index (χ1v) is 8.13. The van der Waals surface area contributed by atoms with Gasteiger partial charge in [0.1, 0.15) is 5.75 Å². The largest absolute Gasteiger partial charge is 0.497 e. The molecule has 3 rings (SSSR count). The average molecular weight is 318 g/mol. The maximum Gasteiger partial charge on any atom is 0.118 e. The highest BCUT2D eigenvalue weighted by atomic mass is 16.5. The number of methoxy groups -OCH3 is 2. The number of rotatable bonds is 6. The Morgan fingerprint density at radius 2 is 1.42 bits per heavy atom. The number of hydrogen-bond donors (Lipinski definition) is 0. The van der Waals surface area contributed by atoms with Crippen molar-refractivity contribution in [3.05, 3.63) is 78.4 Å². The van der Waals surface area contributed by atoms with Crippen LogP contribution in [0.3, 0.4) is 0 Å². The summed E-state index contributed by atoms with van der Waals surface area (Å²) < 4.78 is 10.5. The molecular weight excluding hydrogens is 296 g/mol. The van der Waals surface area contributed by atoms with Gasteiger partial charge in [0.2, 0.25) is 0 Å². The maximum absolute atomic E-state index is 5.26. The Kier molecular flexibility index (Phi) is 5.29. The van der Waals surface area contributed by atoms with E-state index >= 15 is 0 Å². The van der Waals surface area contributed by atoms with Crippen molar-refractivity contribution in [2.75, 3.05) is 20.8 Å². The number of benzene rings is 3. The zero-order valence-electron chi connectivity index (χ0n) is 14.2. The molecule has 0 bridgehead atoms. The molecule has 0 N–H and O–H groups in total. The van der Waals surface area contributed by atoms with Gasteiger partial charge in [-0.1, -0.05) is 54.6 Å². The summed E-state index contributed by atoms with van der Waals surface area (Å²) in [5.74, 6) is 0.874. The van der Waals surface area contributed by atoms with Crippen molar-refractivity contribution in [2.24, 2.45) is 0 Å². The minimum Gasteiger partial charge on any atom is -0.497 e. The predicted octanol–water partition coefficient (Wildman–Crippen LogP) is 5.22. The van der Waals surface area contributed by atoms with Gasteiger partial charge in [-0.3, -0.25) is 0 Å². The monoisotopic (exact) mass is 318 g/mol. The molecule has 0 saturated heterocycles. The third-order valence-electron chi connectivity index (χ3n) is 4.19. The zero-order valence-corrected chi connectivity index (χ0v) is 14.2. The highest BCUT2D eigenvalue weighted by molar-refractivity contribution is 5.75. The van der Waals surface area contributed by atoms with Gasteiger partial charge in [-0.25, -0.2) is 0 Å². The molecule has 0 saturated carbocycles. The Balaban J connectivity index is 2.02. The molecule has 0 heterocycles. The van der Waals surface area contributed by atoms with Crippen molar-refractivity contribution in [3.63, 3.8) is 0 Å². The number of hydrogen-bond acceptors (Lipinski definition) is 2. The fraction of sp³-hybridized carbons (Fsp3) is 0.182. The third kappa shape index (κ3) is 3.66. The van der Waals surface area contributed by atoms with Crippen LogP contribution in [0.4, 0.5) is 0 Å². The minimum absolute atomic E-state index is 0.724. The summed E-state index contributed by atoms with van der Waals surface area (Å²) in [6.07, 6.45) is 0.906. The first kappa shape index (κ1) is 16.3. The molecule has 0 spiro atoms. The molecule has 24 heavy (non-hydrogen) atoms. The van der Waals surface area contributed by atoms with Gasteiger partial charge in [0.15, 0.2) is 0 Å². The fourth-order valence-corrected chi connectivity index (χ4v) is 2.86. The molecule has 0 atom stereocenters. The summed E-state index contributed by atoms with van der Waals surface area (Å²) in [5, 5.41) is 0. The van der Waals surface area contributed by atoms with Gasteiger partial charge in [-0.05, 0) is 52.4 Å². The van der Waals surface area contributed by atoms with Gasteiger partial charge in [-0.15, -0.1) is 0 Å². The topological polar surface area (TPSA) is 18.5 Å². The van der Waals surface area contributed by atoms with E-state index in [1.807, 2.05) is 18.2 Å². The Labute approximate surface area is 143 Å². The van der Waals surface area contributed by atoms with Crippen LogP contribution >= 0.6 is 0 Å². The molecule has 0 unspecified atom stereocenters. The molecule has 2 heteroatoms. The van der Waals surface area contributed by atoms with E-state index in [0.717, 1.165) is 18.8 Å². The van der Waals surface area contributed by atoms with Crippen LogP contribution < -0.4 is 4.74 Å². The molecule has 3 aromatic carbocycles. The molecule has 0 aromatic heterocycles. The molecule has 0 fully saturated rings. The molecule has 3 aromatic rings. The lowest BCUT2D eigenvalue weighted by Crippen LogP contribution is -1.97. The Morgan fingerprint density at radius 3 is 2.08 bits per heavy atom. The van der Waals surface area contributed by atoms with E-state index in [4.69, 9.17) is 9.47 Å². The van der Waals surface area contributed by atoms with Gasteiger partial charge in [0.25, 0.3) is 0 Å². The predicted molar refractivity (Wildman–Crippen MR) is 99.4 cm³/mol. The Hall–Kier alpha value is -2.58. The summed E-state index contributed by atoms with van der Waals surface area (Å²) in [4.78, 5) is 0. The molecule has 0 aliphatic rings. The Bertz CT molecular complexity index is 777. The van der Waals surface area contributed by atoms with Crippen LogP contribution in [-0.2, 0) is 11.2 Å². The standard InChI is InChI=1S/C22H22O2/c1-23-15-14-19-8-9-20(17-10-12-21(24-2)13-11-17)16-22(19)18-6-4-3-5-7-18/h3-13,16H,14-15H2,1-2H3. The van der Waals surface area contributed by atoms with E-state index in [1.165, 1.54) is 27.8 Å². The molecule has 0 amide bonds. The fourth-order valence-electron chi connectivity index (χ4n) is 2.86. The second kappa shape index (κ2) is 7.80. The van der Waals surface area contributed by atoms with E-state index in [1.54, 1.807) is 14.2 Å². The summed E-state index contributed by atoms with van der Waals surface area (Å²) in [6.45, 7) is 0.724. The Morgan fingerprint density at radius 1 is 0.708 bits per heavy atom. The van der Waals surface area contributed by atoms with Crippen molar-refractivity contribution in [1.29, 1.82) is 0 Å². The van der Waals surface area contributed by atoms with E-state index in [9.17, 15) is 0 Å². The maximum atomic E-state index is 5.26. The quantitative estimate of drug-likeness (QED) is 0.620. The van der Waals surface area contributed by atoms with Crippen molar-refractivity contribution in [1.82, 2.24) is 0 Å². The van der Waals surface area contributed by atoms with Crippen molar-refractivity contribution in [2.45, 2.75) is 6.42 Å². The first-order valence-electron chi connectivity index (χ1n) is 8.13. The molecule has 0 aliphatic carbocycles. The summed E-state index contributed by atoms with van der Waals surface area (Å²) >= 11 is 0. The van der Waals surface area contributed by atoms with Gasteiger partial charge >= 0.3 is 0 Å². The van der Waals surface area contributed by atoms with Crippen LogP contribution in [0, 0.1) is 0 Å². The molecule has 0 radical (unpaired) electrons. The van der Waals surface area contributed by atoms with E-state index in [0.29, 0.717) is 0 Å². The highest BCUT2D eigenvalue weighted by Crippen LogP contribution is 2.30. The van der Waals surface area contributed by atoms with Gasteiger partial charge < -0.3 is 9.47 Å². The average Bonchev–Trinajstić information content (AvgIpc) is 2.67. The van der Waals surface area contributed by atoms with Crippen LogP contribution in [0.5, 0.6) is 5.75 Å². The summed E-state index contributed by atoms with van der Waals surface area (Å²) in [5.41, 5.74) is 6.20. The van der Waals surface area contributed by atoms with Crippen LogP contribution in [0.25, 0.3) is 22.3 Å². The lowest BCUT2D eigenvalue weighted by molar-refractivity contribution is 0.202. The molecule has 2 nitrogen and oxygen atoms in total. The van der Waals surface area contributed by atoms with Crippen LogP contribution in [0.15, 0.2) is 72.8 Å². The normalized spacial score (nSPS) is 10.6. The lowest BCUT2D eigenvalue weighted by atomic mass is 9.93.